The number of para-hydroxylation sites is 1. The van der Waals surface area contributed by atoms with Gasteiger partial charge in [0.25, 0.3) is 0 Å². The number of imide groups is 1. The van der Waals surface area contributed by atoms with E-state index in [0.29, 0.717) is 45.5 Å². The highest BCUT2D eigenvalue weighted by Gasteiger charge is 2.56. The van der Waals surface area contributed by atoms with Crippen LogP contribution in [-0.2, 0) is 19.2 Å². The van der Waals surface area contributed by atoms with Crippen LogP contribution in [0.2, 0.25) is 0 Å². The van der Waals surface area contributed by atoms with E-state index in [0.717, 1.165) is 5.57 Å². The van der Waals surface area contributed by atoms with Crippen molar-refractivity contribution in [2.75, 3.05) is 4.90 Å². The first-order valence-electron chi connectivity index (χ1n) is 14.3. The number of aromatic hydroxyl groups is 1. The van der Waals surface area contributed by atoms with Crippen molar-refractivity contribution in [3.05, 3.63) is 130 Å². The molecular weight excluding hydrogens is 542 g/mol. The lowest BCUT2D eigenvalue weighted by atomic mass is 9.59. The molecule has 1 fully saturated rings. The number of carbonyl (C=O) groups is 5. The molecule has 3 aromatic carbocycles. The Kier molecular flexibility index (Phi) is 6.20. The monoisotopic (exact) mass is 569 g/mol. The Labute approximate surface area is 247 Å². The van der Waals surface area contributed by atoms with Crippen LogP contribution in [0.4, 0.5) is 5.69 Å². The van der Waals surface area contributed by atoms with Crippen molar-refractivity contribution in [1.82, 2.24) is 0 Å². The van der Waals surface area contributed by atoms with Gasteiger partial charge in [0, 0.05) is 39.3 Å². The van der Waals surface area contributed by atoms with Crippen LogP contribution in [0, 0.1) is 17.8 Å². The maximum Gasteiger partial charge on any atom is 0.238 e. The lowest BCUT2D eigenvalue weighted by molar-refractivity contribution is -0.123. The van der Waals surface area contributed by atoms with Crippen LogP contribution in [0.25, 0.3) is 0 Å². The zero-order valence-corrected chi connectivity index (χ0v) is 23.3. The number of hydrogen-bond acceptors (Lipinski definition) is 6. The molecule has 4 atom stereocenters. The minimum atomic E-state index is -0.727. The molecule has 0 bridgehead atoms. The summed E-state index contributed by atoms with van der Waals surface area (Å²) >= 11 is 0. The summed E-state index contributed by atoms with van der Waals surface area (Å²) < 4.78 is 0. The molecule has 0 spiro atoms. The van der Waals surface area contributed by atoms with Gasteiger partial charge in [-0.15, -0.1) is 0 Å². The predicted octanol–water partition coefficient (Wildman–Crippen LogP) is 5.26. The summed E-state index contributed by atoms with van der Waals surface area (Å²) in [6.07, 6.45) is 3.73. The van der Waals surface area contributed by atoms with E-state index < -0.39 is 23.7 Å². The Bertz CT molecular complexity index is 1850. The van der Waals surface area contributed by atoms with Crippen molar-refractivity contribution in [3.63, 3.8) is 0 Å². The fraction of sp³-hybridized carbons (Fsp3) is 0.194. The number of carbonyl (C=O) groups excluding carboxylic acids is 5. The van der Waals surface area contributed by atoms with Gasteiger partial charge < -0.3 is 5.11 Å². The molecule has 4 aliphatic rings. The van der Waals surface area contributed by atoms with Gasteiger partial charge in [0.15, 0.2) is 17.3 Å². The van der Waals surface area contributed by atoms with Crippen molar-refractivity contribution in [3.8, 4) is 5.75 Å². The molecule has 1 heterocycles. The van der Waals surface area contributed by atoms with Gasteiger partial charge in [-0.05, 0) is 62.1 Å². The van der Waals surface area contributed by atoms with E-state index in [2.05, 4.69) is 0 Å². The average molecular weight is 570 g/mol. The van der Waals surface area contributed by atoms with E-state index in [1.165, 1.54) is 11.0 Å². The molecule has 7 nitrogen and oxygen atoms in total. The van der Waals surface area contributed by atoms with Gasteiger partial charge in [0.2, 0.25) is 11.8 Å². The van der Waals surface area contributed by atoms with Crippen LogP contribution in [0.15, 0.2) is 113 Å². The van der Waals surface area contributed by atoms with E-state index in [9.17, 15) is 29.1 Å². The molecule has 1 N–H and O–H groups in total. The molecule has 0 aromatic heterocycles. The summed E-state index contributed by atoms with van der Waals surface area (Å²) in [5.41, 5.74) is 3.66. The number of phenolic OH excluding ortho intramolecular Hbond substituents is 1. The molecule has 2 amide bonds. The maximum absolute atomic E-state index is 14.1. The number of Topliss-reactive ketones (excluding diaryl/α,β-unsaturated/α-hetero) is 1. The number of anilines is 1. The molecule has 0 saturated carbocycles. The first kappa shape index (κ1) is 26.7. The molecule has 1 saturated heterocycles. The normalized spacial score (nSPS) is 24.7. The van der Waals surface area contributed by atoms with E-state index in [4.69, 9.17) is 0 Å². The molecule has 7 rings (SSSR count). The topological polar surface area (TPSA) is 109 Å². The predicted molar refractivity (Wildman–Crippen MR) is 158 cm³/mol. The minimum Gasteiger partial charge on any atom is -0.508 e. The standard InChI is InChI=1S/C36H27NO6/c1-19-17-29(39)32-27(33(19)40)18-26-23(30(32)24-9-5-6-10-28(24)38)15-16-25-31(26)36(43)37(35(25)42)22-13-11-21(12-14-22)34(41)20-7-3-2-4-8-20/h2-15,17,25-26,30-31,38H,16,18H2,1H3. The van der Waals surface area contributed by atoms with Gasteiger partial charge in [-0.1, -0.05) is 60.2 Å². The van der Waals surface area contributed by atoms with Crippen LogP contribution in [0.1, 0.15) is 47.2 Å². The van der Waals surface area contributed by atoms with Gasteiger partial charge in [-0.25, -0.2) is 0 Å². The number of allylic oxidation sites excluding steroid dienone is 6. The van der Waals surface area contributed by atoms with Crippen molar-refractivity contribution in [1.29, 1.82) is 0 Å². The Morgan fingerprint density at radius 2 is 1.49 bits per heavy atom. The van der Waals surface area contributed by atoms with Crippen LogP contribution in [0.5, 0.6) is 5.75 Å². The largest absolute Gasteiger partial charge is 0.508 e. The Morgan fingerprint density at radius 1 is 0.814 bits per heavy atom. The summed E-state index contributed by atoms with van der Waals surface area (Å²) in [7, 11) is 0. The van der Waals surface area contributed by atoms with Crippen LogP contribution in [-0.4, -0.2) is 34.3 Å². The fourth-order valence-corrected chi connectivity index (χ4v) is 7.24. The van der Waals surface area contributed by atoms with Crippen LogP contribution >= 0.6 is 0 Å². The number of nitrogens with zero attached hydrogens (tertiary/aromatic N) is 1. The number of phenols is 1. The second kappa shape index (κ2) is 9.98. The maximum atomic E-state index is 14.1. The van der Waals surface area contributed by atoms with Crippen molar-refractivity contribution in [2.45, 2.75) is 25.7 Å². The number of fused-ring (bicyclic) bond motifs is 3. The van der Waals surface area contributed by atoms with Crippen LogP contribution < -0.4 is 4.90 Å². The van der Waals surface area contributed by atoms with Crippen molar-refractivity contribution < 1.29 is 29.1 Å². The highest BCUT2D eigenvalue weighted by Crippen LogP contribution is 2.56. The number of amides is 2. The lowest BCUT2D eigenvalue weighted by Gasteiger charge is -2.42. The first-order chi connectivity index (χ1) is 20.8. The summed E-state index contributed by atoms with van der Waals surface area (Å²) in [5, 5.41) is 10.8. The number of rotatable bonds is 4. The van der Waals surface area contributed by atoms with E-state index >= 15 is 0 Å². The molecule has 7 heteroatoms. The molecule has 1 aliphatic heterocycles. The fourth-order valence-electron chi connectivity index (χ4n) is 7.24. The third kappa shape index (κ3) is 4.07. The number of benzene rings is 3. The van der Waals surface area contributed by atoms with Gasteiger partial charge >= 0.3 is 0 Å². The Morgan fingerprint density at radius 3 is 2.21 bits per heavy atom. The molecular formula is C36H27NO6. The van der Waals surface area contributed by atoms with E-state index in [1.807, 2.05) is 12.1 Å². The zero-order valence-electron chi connectivity index (χ0n) is 23.3. The highest BCUT2D eigenvalue weighted by molar-refractivity contribution is 6.25. The second-order valence-electron chi connectivity index (χ2n) is 11.5. The Balaban J connectivity index is 1.26. The second-order valence-corrected chi connectivity index (χ2v) is 11.5. The van der Waals surface area contributed by atoms with E-state index in [1.54, 1.807) is 79.7 Å². The molecule has 0 radical (unpaired) electrons. The molecule has 4 unspecified atom stereocenters. The van der Waals surface area contributed by atoms with Gasteiger partial charge in [-0.3, -0.25) is 28.9 Å². The molecule has 3 aliphatic carbocycles. The van der Waals surface area contributed by atoms with Crippen LogP contribution in [0.3, 0.4) is 0 Å². The Hall–Kier alpha value is -5.17. The van der Waals surface area contributed by atoms with E-state index in [-0.39, 0.29) is 41.3 Å². The summed E-state index contributed by atoms with van der Waals surface area (Å²) in [5.74, 6) is -3.92. The molecule has 43 heavy (non-hydrogen) atoms. The average Bonchev–Trinajstić information content (AvgIpc) is 3.28. The third-order valence-electron chi connectivity index (χ3n) is 9.23. The van der Waals surface area contributed by atoms with Crippen molar-refractivity contribution >= 4 is 34.9 Å². The third-order valence-corrected chi connectivity index (χ3v) is 9.23. The minimum absolute atomic E-state index is 0.00450. The van der Waals surface area contributed by atoms with Gasteiger partial charge in [0.05, 0.1) is 17.5 Å². The van der Waals surface area contributed by atoms with Crippen molar-refractivity contribution in [2.24, 2.45) is 17.8 Å². The number of hydrogen-bond donors (Lipinski definition) is 1. The lowest BCUT2D eigenvalue weighted by Crippen LogP contribution is -2.39. The van der Waals surface area contributed by atoms with Gasteiger partial charge in [0.1, 0.15) is 5.75 Å². The van der Waals surface area contributed by atoms with Gasteiger partial charge in [-0.2, -0.15) is 0 Å². The smallest absolute Gasteiger partial charge is 0.238 e. The first-order valence-corrected chi connectivity index (χ1v) is 14.3. The number of ketones is 3. The summed E-state index contributed by atoms with van der Waals surface area (Å²) in [4.78, 5) is 68.7. The molecule has 212 valence electrons. The summed E-state index contributed by atoms with van der Waals surface area (Å²) in [6, 6.07) is 22.0. The zero-order chi connectivity index (χ0) is 30.0. The quantitative estimate of drug-likeness (QED) is 0.199. The SMILES string of the molecule is CC1=CC(=O)C2=C(CC3C(=CCC4C(=O)N(c5ccc(C(=O)c6ccccc6)cc5)C(=O)C43)C2c2ccccc2O)C1=O. The summed E-state index contributed by atoms with van der Waals surface area (Å²) in [6.45, 7) is 1.60. The highest BCUT2D eigenvalue weighted by atomic mass is 16.3. The molecule has 3 aromatic rings.